The average molecular weight is 444 g/mol. The van der Waals surface area contributed by atoms with Gasteiger partial charge in [-0.05, 0) is 64.2 Å². The molecule has 0 unspecified atom stereocenters. The van der Waals surface area contributed by atoms with Crippen molar-refractivity contribution in [2.24, 2.45) is 0 Å². The van der Waals surface area contributed by atoms with E-state index in [4.69, 9.17) is 0 Å². The molecule has 0 radical (unpaired) electrons. The SMILES string of the molecule is Cc1cc(C(F)(F)F)cc(C(F)(I)I)c1. The van der Waals surface area contributed by atoms with Crippen molar-refractivity contribution in [3.05, 3.63) is 34.9 Å². The molecule has 0 atom stereocenters. The van der Waals surface area contributed by atoms with Gasteiger partial charge in [-0.25, -0.2) is 4.39 Å². The molecule has 0 aliphatic heterocycles. The number of alkyl halides is 6. The lowest BCUT2D eigenvalue weighted by Gasteiger charge is -2.15. The van der Waals surface area contributed by atoms with E-state index in [2.05, 4.69) is 0 Å². The maximum absolute atomic E-state index is 13.5. The Morgan fingerprint density at radius 3 is 1.80 bits per heavy atom. The molecule has 0 spiro atoms. The highest BCUT2D eigenvalue weighted by atomic mass is 127. The Balaban J connectivity index is 3.30. The number of aryl methyl sites for hydroxylation is 1. The summed E-state index contributed by atoms with van der Waals surface area (Å²) in [7, 11) is 0. The predicted octanol–water partition coefficient (Wildman–Crippen LogP) is 4.96. The van der Waals surface area contributed by atoms with Gasteiger partial charge in [0.05, 0.1) is 5.56 Å². The molecule has 0 amide bonds. The summed E-state index contributed by atoms with van der Waals surface area (Å²) < 4.78 is 48.9. The fraction of sp³-hybridized carbons (Fsp3) is 0.333. The third kappa shape index (κ3) is 3.72. The highest BCUT2D eigenvalue weighted by Crippen LogP contribution is 2.43. The van der Waals surface area contributed by atoms with Crippen molar-refractivity contribution in [3.63, 3.8) is 0 Å². The van der Waals surface area contributed by atoms with Gasteiger partial charge in [-0.2, -0.15) is 13.2 Å². The van der Waals surface area contributed by atoms with Crippen molar-refractivity contribution < 1.29 is 17.6 Å². The van der Waals surface area contributed by atoms with Crippen LogP contribution in [0.1, 0.15) is 16.7 Å². The van der Waals surface area contributed by atoms with Gasteiger partial charge in [0.25, 0.3) is 0 Å². The first-order chi connectivity index (χ1) is 6.60. The van der Waals surface area contributed by atoms with E-state index >= 15 is 0 Å². The second-order valence-corrected chi connectivity index (χ2v) is 8.12. The van der Waals surface area contributed by atoms with Gasteiger partial charge >= 0.3 is 6.18 Å². The van der Waals surface area contributed by atoms with E-state index in [9.17, 15) is 17.6 Å². The molecule has 1 aromatic rings. The average Bonchev–Trinajstić information content (AvgIpc) is 1.99. The first kappa shape index (κ1) is 13.5. The van der Waals surface area contributed by atoms with Gasteiger partial charge in [-0.3, -0.25) is 0 Å². The third-order valence-electron chi connectivity index (χ3n) is 1.73. The number of rotatable bonds is 1. The summed E-state index contributed by atoms with van der Waals surface area (Å²) in [5.74, 6) is 0. The first-order valence-corrected chi connectivity index (χ1v) is 6.02. The van der Waals surface area contributed by atoms with Crippen LogP contribution in [-0.2, 0) is 7.86 Å². The van der Waals surface area contributed by atoms with Gasteiger partial charge in [0, 0.05) is 5.56 Å². The lowest BCUT2D eigenvalue weighted by atomic mass is 10.1. The molecule has 84 valence electrons. The van der Waals surface area contributed by atoms with Crippen LogP contribution in [0.3, 0.4) is 0 Å². The molecule has 0 bridgehead atoms. The van der Waals surface area contributed by atoms with Crippen LogP contribution in [0.15, 0.2) is 18.2 Å². The van der Waals surface area contributed by atoms with E-state index in [-0.39, 0.29) is 5.56 Å². The molecule has 0 saturated heterocycles. The third-order valence-corrected chi connectivity index (χ3v) is 2.98. The van der Waals surface area contributed by atoms with E-state index in [1.165, 1.54) is 58.2 Å². The van der Waals surface area contributed by atoms with E-state index in [0.717, 1.165) is 12.1 Å². The van der Waals surface area contributed by atoms with Crippen LogP contribution in [-0.4, -0.2) is 0 Å². The van der Waals surface area contributed by atoms with Crippen LogP contribution < -0.4 is 0 Å². The molecule has 0 aromatic heterocycles. The minimum Gasteiger partial charge on any atom is -0.215 e. The Labute approximate surface area is 112 Å². The van der Waals surface area contributed by atoms with Gasteiger partial charge in [-0.15, -0.1) is 0 Å². The summed E-state index contributed by atoms with van der Waals surface area (Å²) in [5, 5.41) is 0. The molecule has 1 rings (SSSR count). The molecule has 0 aliphatic carbocycles. The topological polar surface area (TPSA) is 0 Å². The number of halogens is 6. The van der Waals surface area contributed by atoms with Gasteiger partial charge in [-0.1, -0.05) is 11.6 Å². The van der Waals surface area contributed by atoms with E-state index in [1.54, 1.807) is 0 Å². The maximum Gasteiger partial charge on any atom is 0.416 e. The fourth-order valence-corrected chi connectivity index (χ4v) is 1.73. The zero-order valence-electron chi connectivity index (χ0n) is 7.50. The predicted molar refractivity (Wildman–Crippen MR) is 67.0 cm³/mol. The largest absolute Gasteiger partial charge is 0.416 e. The molecule has 0 fully saturated rings. The summed E-state index contributed by atoms with van der Waals surface area (Å²) in [4.78, 5) is 0. The summed E-state index contributed by atoms with van der Waals surface area (Å²) in [6.07, 6.45) is -4.43. The Bertz CT molecular complexity index is 333. The number of hydrogen-bond donors (Lipinski definition) is 0. The minimum atomic E-state index is -4.43. The summed E-state index contributed by atoms with van der Waals surface area (Å²) in [6, 6.07) is 3.25. The smallest absolute Gasteiger partial charge is 0.215 e. The minimum absolute atomic E-state index is 0.0241. The van der Waals surface area contributed by atoms with Crippen molar-refractivity contribution in [2.75, 3.05) is 0 Å². The van der Waals surface area contributed by atoms with Gasteiger partial charge in [0.15, 0.2) is 0 Å². The summed E-state index contributed by atoms with van der Waals surface area (Å²) >= 11 is 2.91. The second-order valence-electron chi connectivity index (χ2n) is 3.08. The van der Waals surface area contributed by atoms with Crippen molar-refractivity contribution in [3.8, 4) is 0 Å². The molecular formula is C9H6F4I2. The Morgan fingerprint density at radius 1 is 0.933 bits per heavy atom. The van der Waals surface area contributed by atoms with Gasteiger partial charge < -0.3 is 0 Å². The molecule has 0 aliphatic rings. The van der Waals surface area contributed by atoms with Crippen molar-refractivity contribution in [2.45, 2.75) is 14.8 Å². The Hall–Kier alpha value is 0.400. The zero-order chi connectivity index (χ0) is 11.9. The van der Waals surface area contributed by atoms with E-state index < -0.39 is 13.4 Å². The lowest BCUT2D eigenvalue weighted by molar-refractivity contribution is -0.137. The Morgan fingerprint density at radius 2 is 1.40 bits per heavy atom. The van der Waals surface area contributed by atoms with E-state index in [1.807, 2.05) is 0 Å². The van der Waals surface area contributed by atoms with Crippen molar-refractivity contribution in [1.82, 2.24) is 0 Å². The second kappa shape index (κ2) is 4.34. The van der Waals surface area contributed by atoms with Gasteiger partial charge in [0.2, 0.25) is 1.68 Å². The molecule has 0 heterocycles. The molecular weight excluding hydrogens is 438 g/mol. The standard InChI is InChI=1S/C9H6F4I2/c1-5-2-6(8(10,11)12)4-7(3-5)9(13,14)15/h2-4H,1H3. The summed E-state index contributed by atoms with van der Waals surface area (Å²) in [5.41, 5.74) is -0.390. The molecule has 0 nitrogen and oxygen atoms in total. The van der Waals surface area contributed by atoms with Crippen LogP contribution in [0.25, 0.3) is 0 Å². The molecule has 0 N–H and O–H groups in total. The van der Waals surface area contributed by atoms with Crippen LogP contribution in [0, 0.1) is 6.92 Å². The fourth-order valence-electron chi connectivity index (χ4n) is 1.11. The number of benzene rings is 1. The molecule has 6 heteroatoms. The maximum atomic E-state index is 13.5. The van der Waals surface area contributed by atoms with E-state index in [0.29, 0.717) is 5.56 Å². The van der Waals surface area contributed by atoms with Crippen LogP contribution in [0.5, 0.6) is 0 Å². The summed E-state index contributed by atoms with van der Waals surface area (Å²) in [6.45, 7) is 1.51. The number of hydrogen-bond acceptors (Lipinski definition) is 0. The molecule has 15 heavy (non-hydrogen) atoms. The zero-order valence-corrected chi connectivity index (χ0v) is 11.8. The normalized spacial score (nSPS) is 13.0. The van der Waals surface area contributed by atoms with Crippen LogP contribution in [0.4, 0.5) is 17.6 Å². The van der Waals surface area contributed by atoms with Gasteiger partial charge in [0.1, 0.15) is 0 Å². The quantitative estimate of drug-likeness (QED) is 0.327. The monoisotopic (exact) mass is 444 g/mol. The van der Waals surface area contributed by atoms with Crippen molar-refractivity contribution in [1.29, 1.82) is 0 Å². The molecule has 0 saturated carbocycles. The highest BCUT2D eigenvalue weighted by molar-refractivity contribution is 14.2. The van der Waals surface area contributed by atoms with Crippen LogP contribution in [0.2, 0.25) is 0 Å². The highest BCUT2D eigenvalue weighted by Gasteiger charge is 2.33. The van der Waals surface area contributed by atoms with Crippen LogP contribution >= 0.6 is 45.2 Å². The first-order valence-electron chi connectivity index (χ1n) is 3.87. The Kier molecular flexibility index (Phi) is 3.90. The lowest BCUT2D eigenvalue weighted by Crippen LogP contribution is -2.09. The molecule has 1 aromatic carbocycles. The van der Waals surface area contributed by atoms with Crippen molar-refractivity contribution >= 4 is 45.2 Å².